The maximum Gasteiger partial charge on any atom is 0.335 e. The molecule has 0 bridgehead atoms. The Bertz CT molecular complexity index is 1580. The lowest BCUT2D eigenvalue weighted by Gasteiger charge is -2.09. The summed E-state index contributed by atoms with van der Waals surface area (Å²) in [5, 5.41) is 10.5. The molecule has 0 unspecified atom stereocenters. The van der Waals surface area contributed by atoms with Gasteiger partial charge in [0, 0.05) is 41.3 Å². The van der Waals surface area contributed by atoms with Crippen molar-refractivity contribution in [3.05, 3.63) is 135 Å². The van der Waals surface area contributed by atoms with E-state index in [4.69, 9.17) is 33.9 Å². The van der Waals surface area contributed by atoms with Gasteiger partial charge in [0.1, 0.15) is 5.82 Å². The SMILES string of the molecule is Nc1cccc(-c2ccc(Cc3nc(C4=CC=C(Cl)C=C(Cl)C4)cn3Cc3ccc(C(=O)O)cc3)cc2)c1. The van der Waals surface area contributed by atoms with Crippen LogP contribution in [0.25, 0.3) is 16.7 Å². The van der Waals surface area contributed by atoms with E-state index in [-0.39, 0.29) is 5.56 Å². The minimum absolute atomic E-state index is 0.259. The number of rotatable bonds is 7. The summed E-state index contributed by atoms with van der Waals surface area (Å²) in [5.74, 6) is -0.0555. The summed E-state index contributed by atoms with van der Waals surface area (Å²) in [6.07, 6.45) is 8.70. The van der Waals surface area contributed by atoms with Crippen LogP contribution < -0.4 is 5.73 Å². The van der Waals surface area contributed by atoms with Gasteiger partial charge in [-0.3, -0.25) is 0 Å². The third-order valence-corrected chi connectivity index (χ3v) is 6.85. The molecule has 38 heavy (non-hydrogen) atoms. The summed E-state index contributed by atoms with van der Waals surface area (Å²) in [4.78, 5) is 16.2. The molecule has 3 aromatic carbocycles. The lowest BCUT2D eigenvalue weighted by molar-refractivity contribution is 0.0697. The highest BCUT2D eigenvalue weighted by molar-refractivity contribution is 6.35. The van der Waals surface area contributed by atoms with Gasteiger partial charge in [0.05, 0.1) is 11.3 Å². The summed E-state index contributed by atoms with van der Waals surface area (Å²) in [6.45, 7) is 0.553. The van der Waals surface area contributed by atoms with E-state index >= 15 is 0 Å². The lowest BCUT2D eigenvalue weighted by atomic mass is 10.0. The molecule has 0 spiro atoms. The largest absolute Gasteiger partial charge is 0.478 e. The van der Waals surface area contributed by atoms with Gasteiger partial charge >= 0.3 is 5.97 Å². The standard InChI is InChI=1S/C31H25Cl2N3O2/c32-26-13-12-25(15-27(33)17-26)29-19-36(18-21-6-10-23(11-7-21)31(37)38)30(35-29)14-20-4-8-22(9-5-20)24-2-1-3-28(34)16-24/h1-13,16-17,19H,14-15,18,34H2,(H,37,38). The molecule has 1 heterocycles. The third-order valence-electron chi connectivity index (χ3n) is 6.38. The van der Waals surface area contributed by atoms with Crippen molar-refractivity contribution in [3.63, 3.8) is 0 Å². The Kier molecular flexibility index (Phi) is 7.50. The molecular formula is C31H25Cl2N3O2. The van der Waals surface area contributed by atoms with Gasteiger partial charge in [-0.15, -0.1) is 0 Å². The first-order valence-corrected chi connectivity index (χ1v) is 12.9. The first-order valence-electron chi connectivity index (χ1n) is 12.1. The zero-order valence-electron chi connectivity index (χ0n) is 20.4. The summed E-state index contributed by atoms with van der Waals surface area (Å²) in [7, 11) is 0. The number of carboxylic acids is 1. The molecule has 5 nitrogen and oxygen atoms in total. The fraction of sp³-hybridized carbons (Fsp3) is 0.0968. The van der Waals surface area contributed by atoms with Crippen molar-refractivity contribution in [1.82, 2.24) is 9.55 Å². The van der Waals surface area contributed by atoms with Crippen molar-refractivity contribution in [1.29, 1.82) is 0 Å². The van der Waals surface area contributed by atoms with Crippen molar-refractivity contribution in [2.75, 3.05) is 5.73 Å². The number of carbonyl (C=O) groups is 1. The minimum Gasteiger partial charge on any atom is -0.478 e. The summed E-state index contributed by atoms with van der Waals surface area (Å²) < 4.78 is 2.10. The molecule has 0 atom stereocenters. The van der Waals surface area contributed by atoms with Gasteiger partial charge in [0.2, 0.25) is 0 Å². The highest BCUT2D eigenvalue weighted by Gasteiger charge is 2.15. The average molecular weight is 542 g/mol. The predicted molar refractivity (Wildman–Crippen MR) is 154 cm³/mol. The Labute approximate surface area is 231 Å². The second kappa shape index (κ2) is 11.1. The monoisotopic (exact) mass is 541 g/mol. The number of nitrogens with zero attached hydrogens (tertiary/aromatic N) is 2. The summed E-state index contributed by atoms with van der Waals surface area (Å²) >= 11 is 12.6. The second-order valence-corrected chi connectivity index (χ2v) is 10.1. The van der Waals surface area contributed by atoms with Crippen molar-refractivity contribution in [2.45, 2.75) is 19.4 Å². The molecule has 4 aromatic rings. The molecule has 1 aliphatic rings. The normalized spacial score (nSPS) is 13.4. The number of aromatic carboxylic acids is 1. The van der Waals surface area contributed by atoms with Crippen LogP contribution >= 0.6 is 23.2 Å². The zero-order chi connectivity index (χ0) is 26.6. The predicted octanol–water partition coefficient (Wildman–Crippen LogP) is 7.50. The highest BCUT2D eigenvalue weighted by Crippen LogP contribution is 2.30. The Hall–Kier alpha value is -4.06. The van der Waals surface area contributed by atoms with Gasteiger partial charge in [0.25, 0.3) is 0 Å². The number of nitrogens with two attached hydrogens (primary N) is 1. The number of halogens is 2. The Morgan fingerprint density at radius 3 is 2.39 bits per heavy atom. The molecule has 3 N–H and O–H groups in total. The number of benzene rings is 3. The molecular weight excluding hydrogens is 517 g/mol. The van der Waals surface area contributed by atoms with Crippen molar-refractivity contribution >= 4 is 40.4 Å². The van der Waals surface area contributed by atoms with Crippen LogP contribution in [0.5, 0.6) is 0 Å². The minimum atomic E-state index is -0.944. The van der Waals surface area contributed by atoms with E-state index in [1.807, 2.05) is 54.7 Å². The van der Waals surface area contributed by atoms with Crippen molar-refractivity contribution in [2.24, 2.45) is 0 Å². The molecule has 1 aromatic heterocycles. The van der Waals surface area contributed by atoms with Crippen LogP contribution in [0.1, 0.15) is 39.4 Å². The molecule has 0 saturated heterocycles. The number of allylic oxidation sites excluding steroid dienone is 6. The summed E-state index contributed by atoms with van der Waals surface area (Å²) in [6, 6.07) is 23.1. The van der Waals surface area contributed by atoms with Gasteiger partial charge in [-0.05, 0) is 64.2 Å². The van der Waals surface area contributed by atoms with E-state index in [0.29, 0.717) is 29.5 Å². The molecule has 190 valence electrons. The third kappa shape index (κ3) is 6.08. The molecule has 5 rings (SSSR count). The van der Waals surface area contributed by atoms with Crippen molar-refractivity contribution in [3.8, 4) is 11.1 Å². The Morgan fingerprint density at radius 1 is 0.947 bits per heavy atom. The van der Waals surface area contributed by atoms with E-state index in [9.17, 15) is 9.90 Å². The Balaban J connectivity index is 1.46. The average Bonchev–Trinajstić information content (AvgIpc) is 3.19. The number of nitrogen functional groups attached to an aromatic ring is 1. The molecule has 0 saturated carbocycles. The number of aromatic nitrogens is 2. The van der Waals surface area contributed by atoms with Gasteiger partial charge in [0.15, 0.2) is 0 Å². The molecule has 0 amide bonds. The zero-order valence-corrected chi connectivity index (χ0v) is 22.0. The number of hydrogen-bond acceptors (Lipinski definition) is 3. The lowest BCUT2D eigenvalue weighted by Crippen LogP contribution is -2.05. The second-order valence-electron chi connectivity index (χ2n) is 9.18. The van der Waals surface area contributed by atoms with Crippen LogP contribution in [0, 0.1) is 0 Å². The first-order chi connectivity index (χ1) is 18.3. The number of carboxylic acid groups (broad SMARTS) is 1. The van der Waals surface area contributed by atoms with E-state index in [0.717, 1.165) is 45.0 Å². The van der Waals surface area contributed by atoms with Crippen LogP contribution in [0.4, 0.5) is 5.69 Å². The van der Waals surface area contributed by atoms with Crippen LogP contribution in [0.15, 0.2) is 107 Å². The highest BCUT2D eigenvalue weighted by atomic mass is 35.5. The van der Waals surface area contributed by atoms with Crippen LogP contribution in [-0.2, 0) is 13.0 Å². The van der Waals surface area contributed by atoms with Gasteiger partial charge in [-0.1, -0.05) is 77.8 Å². The Morgan fingerprint density at radius 2 is 1.68 bits per heavy atom. The number of imidazole rings is 1. The van der Waals surface area contributed by atoms with Gasteiger partial charge in [-0.2, -0.15) is 0 Å². The fourth-order valence-corrected chi connectivity index (χ4v) is 4.91. The maximum absolute atomic E-state index is 11.3. The van der Waals surface area contributed by atoms with E-state index in [2.05, 4.69) is 28.8 Å². The van der Waals surface area contributed by atoms with Crippen LogP contribution in [-0.4, -0.2) is 20.6 Å². The summed E-state index contributed by atoms with van der Waals surface area (Å²) in [5.41, 5.74) is 13.0. The molecule has 0 radical (unpaired) electrons. The number of anilines is 1. The number of hydrogen-bond donors (Lipinski definition) is 2. The van der Waals surface area contributed by atoms with Crippen LogP contribution in [0.2, 0.25) is 0 Å². The smallest absolute Gasteiger partial charge is 0.335 e. The fourth-order valence-electron chi connectivity index (χ4n) is 4.40. The molecule has 1 aliphatic carbocycles. The maximum atomic E-state index is 11.3. The van der Waals surface area contributed by atoms with Crippen molar-refractivity contribution < 1.29 is 9.90 Å². The van der Waals surface area contributed by atoms with E-state index < -0.39 is 5.97 Å². The molecule has 0 fully saturated rings. The van der Waals surface area contributed by atoms with Gasteiger partial charge in [-0.25, -0.2) is 9.78 Å². The van der Waals surface area contributed by atoms with E-state index in [1.54, 1.807) is 18.2 Å². The van der Waals surface area contributed by atoms with Crippen LogP contribution in [0.3, 0.4) is 0 Å². The topological polar surface area (TPSA) is 81.1 Å². The quantitative estimate of drug-likeness (QED) is 0.237. The molecule has 7 heteroatoms. The van der Waals surface area contributed by atoms with E-state index in [1.165, 1.54) is 0 Å². The first kappa shape index (κ1) is 25.6. The molecule has 0 aliphatic heterocycles. The van der Waals surface area contributed by atoms with Gasteiger partial charge < -0.3 is 15.4 Å².